The minimum atomic E-state index is -1.18. The van der Waals surface area contributed by atoms with E-state index in [1.54, 1.807) is 18.2 Å². The lowest BCUT2D eigenvalue weighted by Crippen LogP contribution is -2.45. The molecule has 0 aliphatic carbocycles. The van der Waals surface area contributed by atoms with Crippen LogP contribution in [0.25, 0.3) is 0 Å². The van der Waals surface area contributed by atoms with Crippen LogP contribution in [0.3, 0.4) is 0 Å². The van der Waals surface area contributed by atoms with Crippen LogP contribution in [0.1, 0.15) is 37.7 Å². The summed E-state index contributed by atoms with van der Waals surface area (Å²) in [4.78, 5) is 39.9. The van der Waals surface area contributed by atoms with Gasteiger partial charge in [0.15, 0.2) is 0 Å². The van der Waals surface area contributed by atoms with Gasteiger partial charge in [0.25, 0.3) is 0 Å². The summed E-state index contributed by atoms with van der Waals surface area (Å²) in [6, 6.07) is 9.49. The number of thioether (sulfide) groups is 1. The van der Waals surface area contributed by atoms with Gasteiger partial charge in [0.1, 0.15) is 5.92 Å². The Morgan fingerprint density at radius 3 is 2.81 bits per heavy atom. The Morgan fingerprint density at radius 1 is 1.39 bits per heavy atom. The van der Waals surface area contributed by atoms with Crippen molar-refractivity contribution < 1.29 is 19.1 Å². The van der Waals surface area contributed by atoms with Crippen LogP contribution >= 0.6 is 27.7 Å². The third-order valence-electron chi connectivity index (χ3n) is 5.65. The molecule has 3 atom stereocenters. The van der Waals surface area contributed by atoms with Gasteiger partial charge in [-0.15, -0.1) is 0 Å². The highest BCUT2D eigenvalue weighted by atomic mass is 79.9. The van der Waals surface area contributed by atoms with Gasteiger partial charge in [-0.2, -0.15) is 5.26 Å². The number of esters is 1. The standard InChI is InChI=1S/C22H24BrN3O4S/c1-13-6-3-4-9-26(13)17(27)12-31-21-16(11-24)18(14-7-5-8-15(23)10-14)19(20(28)25-21)22(29)30-2/h5,7-8,10,13,18-19H,3-4,6,9,12H2,1-2H3,(H,25,28)/t13-,18-,19+/m1/s1. The van der Waals surface area contributed by atoms with E-state index in [2.05, 4.69) is 27.3 Å². The first kappa shape index (κ1) is 23.4. The molecule has 2 aliphatic rings. The SMILES string of the molecule is COC(=O)[C@@H]1C(=O)NC(SCC(=O)N2CCCC[C@H]2C)=C(C#N)[C@H]1c1cccc(Br)c1. The lowest BCUT2D eigenvalue weighted by Gasteiger charge is -2.34. The van der Waals surface area contributed by atoms with Gasteiger partial charge in [-0.05, 0) is 43.9 Å². The molecule has 2 aliphatic heterocycles. The Labute approximate surface area is 194 Å². The number of allylic oxidation sites excluding steroid dienone is 1. The molecule has 1 N–H and O–H groups in total. The number of nitrogens with one attached hydrogen (secondary N) is 1. The summed E-state index contributed by atoms with van der Waals surface area (Å²) in [5.74, 6) is -3.15. The number of likely N-dealkylation sites (tertiary alicyclic amines) is 1. The van der Waals surface area contributed by atoms with E-state index >= 15 is 0 Å². The largest absolute Gasteiger partial charge is 0.468 e. The second-order valence-corrected chi connectivity index (χ2v) is 9.50. The molecule has 0 aromatic heterocycles. The van der Waals surface area contributed by atoms with Gasteiger partial charge < -0.3 is 15.0 Å². The molecule has 2 heterocycles. The van der Waals surface area contributed by atoms with Crippen LogP contribution in [0.15, 0.2) is 39.3 Å². The van der Waals surface area contributed by atoms with Crippen molar-refractivity contribution in [2.45, 2.75) is 38.1 Å². The van der Waals surface area contributed by atoms with Crippen LogP contribution in [0, 0.1) is 17.2 Å². The van der Waals surface area contributed by atoms with Crippen LogP contribution in [0.4, 0.5) is 0 Å². The van der Waals surface area contributed by atoms with Crippen LogP contribution in [0.5, 0.6) is 0 Å². The molecular formula is C22H24BrN3O4S. The fourth-order valence-electron chi connectivity index (χ4n) is 4.07. The van der Waals surface area contributed by atoms with Crippen LogP contribution < -0.4 is 5.32 Å². The number of hydrogen-bond acceptors (Lipinski definition) is 6. The van der Waals surface area contributed by atoms with Crippen LogP contribution in [0.2, 0.25) is 0 Å². The second-order valence-electron chi connectivity index (χ2n) is 7.60. The molecule has 0 spiro atoms. The average molecular weight is 506 g/mol. The lowest BCUT2D eigenvalue weighted by molar-refractivity contribution is -0.150. The number of benzene rings is 1. The van der Waals surface area contributed by atoms with Crippen LogP contribution in [-0.2, 0) is 19.1 Å². The van der Waals surface area contributed by atoms with Crippen molar-refractivity contribution >= 4 is 45.5 Å². The average Bonchev–Trinajstić information content (AvgIpc) is 2.76. The number of carbonyl (C=O) groups excluding carboxylic acids is 3. The normalized spacial score (nSPS) is 23.7. The number of nitrogens with zero attached hydrogens (tertiary/aromatic N) is 2. The number of halogens is 1. The van der Waals surface area contributed by atoms with Gasteiger partial charge in [-0.3, -0.25) is 14.4 Å². The molecule has 9 heteroatoms. The van der Waals surface area contributed by atoms with Gasteiger partial charge >= 0.3 is 5.97 Å². The molecule has 7 nitrogen and oxygen atoms in total. The Balaban J connectivity index is 1.92. The molecule has 0 saturated carbocycles. The number of rotatable bonds is 5. The van der Waals surface area contributed by atoms with Gasteiger partial charge in [0, 0.05) is 23.0 Å². The second kappa shape index (κ2) is 10.3. The van der Waals surface area contributed by atoms with E-state index in [1.807, 2.05) is 17.9 Å². The van der Waals surface area contributed by atoms with Gasteiger partial charge in [-0.25, -0.2) is 0 Å². The highest BCUT2D eigenvalue weighted by Crippen LogP contribution is 2.40. The van der Waals surface area contributed by atoms with E-state index < -0.39 is 23.7 Å². The summed E-state index contributed by atoms with van der Waals surface area (Å²) in [6.45, 7) is 2.76. The maximum atomic E-state index is 12.9. The summed E-state index contributed by atoms with van der Waals surface area (Å²) in [5.41, 5.74) is 0.892. The maximum absolute atomic E-state index is 12.9. The zero-order valence-corrected chi connectivity index (χ0v) is 19.8. The molecule has 1 fully saturated rings. The van der Waals surface area contributed by atoms with E-state index in [-0.39, 0.29) is 23.3 Å². The summed E-state index contributed by atoms with van der Waals surface area (Å²) < 4.78 is 5.61. The van der Waals surface area contributed by atoms with Crippen molar-refractivity contribution in [3.05, 3.63) is 44.9 Å². The van der Waals surface area contributed by atoms with Crippen molar-refractivity contribution in [2.24, 2.45) is 5.92 Å². The van der Waals surface area contributed by atoms with Crippen molar-refractivity contribution in [2.75, 3.05) is 19.4 Å². The van der Waals surface area contributed by atoms with Gasteiger partial charge in [0.05, 0.1) is 29.5 Å². The van der Waals surface area contributed by atoms with E-state index in [0.717, 1.165) is 42.0 Å². The van der Waals surface area contributed by atoms with Gasteiger partial charge in [0.2, 0.25) is 11.8 Å². The molecule has 31 heavy (non-hydrogen) atoms. The first-order chi connectivity index (χ1) is 14.9. The zero-order valence-electron chi connectivity index (χ0n) is 17.4. The minimum Gasteiger partial charge on any atom is -0.468 e. The third kappa shape index (κ3) is 5.13. The maximum Gasteiger partial charge on any atom is 0.319 e. The number of nitriles is 1. The molecule has 1 saturated heterocycles. The van der Waals surface area contributed by atoms with E-state index in [0.29, 0.717) is 10.6 Å². The number of hydrogen-bond donors (Lipinski definition) is 1. The Hall–Kier alpha value is -2.31. The first-order valence-electron chi connectivity index (χ1n) is 10.1. The molecule has 0 radical (unpaired) electrons. The quantitative estimate of drug-likeness (QED) is 0.486. The molecular weight excluding hydrogens is 482 g/mol. The lowest BCUT2D eigenvalue weighted by atomic mass is 9.78. The van der Waals surface area contributed by atoms with Crippen molar-refractivity contribution in [3.63, 3.8) is 0 Å². The molecule has 2 amide bonds. The van der Waals surface area contributed by atoms with Gasteiger partial charge in [-0.1, -0.05) is 39.8 Å². The predicted octanol–water partition coefficient (Wildman–Crippen LogP) is 3.32. The summed E-state index contributed by atoms with van der Waals surface area (Å²) in [6.07, 6.45) is 3.07. The fraction of sp³-hybridized carbons (Fsp3) is 0.455. The Kier molecular flexibility index (Phi) is 7.79. The predicted molar refractivity (Wildman–Crippen MR) is 121 cm³/mol. The monoisotopic (exact) mass is 505 g/mol. The smallest absolute Gasteiger partial charge is 0.319 e. The molecule has 0 unspecified atom stereocenters. The Bertz CT molecular complexity index is 958. The minimum absolute atomic E-state index is 0.0228. The van der Waals surface area contributed by atoms with Crippen molar-refractivity contribution in [3.8, 4) is 6.07 Å². The number of amides is 2. The van der Waals surface area contributed by atoms with Crippen molar-refractivity contribution in [1.82, 2.24) is 10.2 Å². The fourth-order valence-corrected chi connectivity index (χ4v) is 5.42. The third-order valence-corrected chi connectivity index (χ3v) is 7.15. The highest BCUT2D eigenvalue weighted by Gasteiger charge is 2.44. The zero-order chi connectivity index (χ0) is 22.5. The van der Waals surface area contributed by atoms with Crippen molar-refractivity contribution in [1.29, 1.82) is 5.26 Å². The molecule has 3 rings (SSSR count). The Morgan fingerprint density at radius 2 is 2.16 bits per heavy atom. The topological polar surface area (TPSA) is 99.5 Å². The molecule has 1 aromatic carbocycles. The molecule has 0 bridgehead atoms. The molecule has 164 valence electrons. The van der Waals surface area contributed by atoms with E-state index in [1.165, 1.54) is 7.11 Å². The summed E-state index contributed by atoms with van der Waals surface area (Å²) in [7, 11) is 1.21. The van der Waals surface area contributed by atoms with E-state index in [4.69, 9.17) is 4.74 Å². The summed E-state index contributed by atoms with van der Waals surface area (Å²) in [5, 5.41) is 12.9. The number of piperidine rings is 1. The van der Waals surface area contributed by atoms with E-state index in [9.17, 15) is 19.6 Å². The number of carbonyl (C=O) groups is 3. The summed E-state index contributed by atoms with van der Waals surface area (Å²) >= 11 is 4.53. The highest BCUT2D eigenvalue weighted by molar-refractivity contribution is 9.10. The first-order valence-corrected chi connectivity index (χ1v) is 11.9. The van der Waals surface area contributed by atoms with Crippen LogP contribution in [-0.4, -0.2) is 48.1 Å². The molecule has 1 aromatic rings. The number of ether oxygens (including phenoxy) is 1. The number of methoxy groups -OCH3 is 1.